The summed E-state index contributed by atoms with van der Waals surface area (Å²) in [5.41, 5.74) is 1.12. The topological polar surface area (TPSA) is 35.6 Å². The number of halogens is 2. The highest BCUT2D eigenvalue weighted by molar-refractivity contribution is 5.85. The van der Waals surface area contributed by atoms with Crippen molar-refractivity contribution in [3.63, 3.8) is 0 Å². The molecule has 0 bridgehead atoms. The van der Waals surface area contributed by atoms with Crippen molar-refractivity contribution >= 4 is 18.3 Å². The first-order valence-corrected chi connectivity index (χ1v) is 7.56. The molecule has 1 aliphatic rings. The Morgan fingerprint density at radius 3 is 2.50 bits per heavy atom. The average molecular weight is 330 g/mol. The van der Waals surface area contributed by atoms with Crippen LogP contribution < -0.4 is 5.32 Å². The molecule has 2 rings (SSSR count). The van der Waals surface area contributed by atoms with Crippen LogP contribution in [0.5, 0.6) is 0 Å². The summed E-state index contributed by atoms with van der Waals surface area (Å²) < 4.78 is 12.8. The molecule has 0 unspecified atom stereocenters. The van der Waals surface area contributed by atoms with Gasteiger partial charge in [0.25, 0.3) is 0 Å². The van der Waals surface area contributed by atoms with Crippen LogP contribution in [-0.4, -0.2) is 62.0 Å². The zero-order chi connectivity index (χ0) is 15.1. The normalized spacial score (nSPS) is 14.8. The second-order valence-corrected chi connectivity index (χ2v) is 5.56. The lowest BCUT2D eigenvalue weighted by atomic mass is 10.1. The Balaban J connectivity index is 0.00000242. The minimum Gasteiger partial charge on any atom is -0.340 e. The quantitative estimate of drug-likeness (QED) is 0.860. The largest absolute Gasteiger partial charge is 0.340 e. The number of nitrogens with one attached hydrogen (secondary N) is 1. The molecule has 124 valence electrons. The number of carbonyl (C=O) groups excluding carboxylic acids is 1. The Kier molecular flexibility index (Phi) is 8.38. The van der Waals surface area contributed by atoms with E-state index >= 15 is 0 Å². The zero-order valence-electron chi connectivity index (χ0n) is 13.1. The fourth-order valence-corrected chi connectivity index (χ4v) is 2.44. The maximum Gasteiger partial charge on any atom is 0.223 e. The van der Waals surface area contributed by atoms with Crippen LogP contribution in [0.15, 0.2) is 24.3 Å². The average Bonchev–Trinajstić information content (AvgIpc) is 2.53. The van der Waals surface area contributed by atoms with Crippen LogP contribution in [-0.2, 0) is 11.2 Å². The van der Waals surface area contributed by atoms with Gasteiger partial charge < -0.3 is 15.1 Å². The summed E-state index contributed by atoms with van der Waals surface area (Å²) in [6.45, 7) is 5.07. The van der Waals surface area contributed by atoms with Gasteiger partial charge in [0, 0.05) is 45.7 Å². The number of likely N-dealkylation sites (N-methyl/N-ethyl adjacent to an activating group) is 1. The SMILES string of the molecule is CN(CCC(=O)N1CCNCC1)CCc1ccc(F)cc1.Cl. The fraction of sp³-hybridized carbons (Fsp3) is 0.562. The molecule has 0 saturated carbocycles. The third kappa shape index (κ3) is 6.30. The zero-order valence-corrected chi connectivity index (χ0v) is 13.9. The molecule has 1 aromatic carbocycles. The molecule has 0 radical (unpaired) electrons. The van der Waals surface area contributed by atoms with Gasteiger partial charge in [-0.25, -0.2) is 4.39 Å². The van der Waals surface area contributed by atoms with E-state index in [4.69, 9.17) is 0 Å². The predicted molar refractivity (Wildman–Crippen MR) is 88.9 cm³/mol. The fourth-order valence-electron chi connectivity index (χ4n) is 2.44. The van der Waals surface area contributed by atoms with Crippen LogP contribution in [0.3, 0.4) is 0 Å². The molecular formula is C16H25ClFN3O. The van der Waals surface area contributed by atoms with Crippen molar-refractivity contribution in [2.45, 2.75) is 12.8 Å². The third-order valence-electron chi connectivity index (χ3n) is 3.87. The van der Waals surface area contributed by atoms with Crippen LogP contribution in [0, 0.1) is 5.82 Å². The Bertz CT molecular complexity index is 449. The molecular weight excluding hydrogens is 305 g/mol. The van der Waals surface area contributed by atoms with Crippen molar-refractivity contribution in [1.82, 2.24) is 15.1 Å². The number of amides is 1. The summed E-state index contributed by atoms with van der Waals surface area (Å²) in [6, 6.07) is 6.61. The van der Waals surface area contributed by atoms with E-state index in [0.29, 0.717) is 6.42 Å². The van der Waals surface area contributed by atoms with Gasteiger partial charge >= 0.3 is 0 Å². The molecule has 1 fully saturated rings. The third-order valence-corrected chi connectivity index (χ3v) is 3.87. The van der Waals surface area contributed by atoms with Gasteiger partial charge in [0.2, 0.25) is 5.91 Å². The molecule has 1 aliphatic heterocycles. The van der Waals surface area contributed by atoms with E-state index in [1.165, 1.54) is 12.1 Å². The highest BCUT2D eigenvalue weighted by Crippen LogP contribution is 2.05. The van der Waals surface area contributed by atoms with E-state index in [0.717, 1.165) is 51.3 Å². The number of piperazine rings is 1. The molecule has 0 spiro atoms. The van der Waals surface area contributed by atoms with Gasteiger partial charge in [0.05, 0.1) is 0 Å². The Labute approximate surface area is 138 Å². The molecule has 1 N–H and O–H groups in total. The molecule has 0 atom stereocenters. The number of benzene rings is 1. The molecule has 0 aromatic heterocycles. The first-order valence-electron chi connectivity index (χ1n) is 7.56. The Morgan fingerprint density at radius 1 is 1.23 bits per heavy atom. The lowest BCUT2D eigenvalue weighted by Gasteiger charge is -2.28. The molecule has 1 amide bonds. The van der Waals surface area contributed by atoms with Crippen molar-refractivity contribution < 1.29 is 9.18 Å². The van der Waals surface area contributed by atoms with E-state index in [9.17, 15) is 9.18 Å². The molecule has 1 aromatic rings. The molecule has 22 heavy (non-hydrogen) atoms. The van der Waals surface area contributed by atoms with Crippen molar-refractivity contribution in [1.29, 1.82) is 0 Å². The number of hydrogen-bond acceptors (Lipinski definition) is 3. The van der Waals surface area contributed by atoms with Crippen molar-refractivity contribution in [3.05, 3.63) is 35.6 Å². The minimum absolute atomic E-state index is 0. The van der Waals surface area contributed by atoms with Gasteiger partial charge in [0.15, 0.2) is 0 Å². The highest BCUT2D eigenvalue weighted by atomic mass is 35.5. The molecule has 1 saturated heterocycles. The number of nitrogens with zero attached hydrogens (tertiary/aromatic N) is 2. The highest BCUT2D eigenvalue weighted by Gasteiger charge is 2.16. The summed E-state index contributed by atoms with van der Waals surface area (Å²) >= 11 is 0. The van der Waals surface area contributed by atoms with E-state index in [2.05, 4.69) is 10.2 Å². The van der Waals surface area contributed by atoms with Crippen molar-refractivity contribution in [2.75, 3.05) is 46.3 Å². The summed E-state index contributed by atoms with van der Waals surface area (Å²) in [6.07, 6.45) is 1.44. The first-order chi connectivity index (χ1) is 10.1. The van der Waals surface area contributed by atoms with Gasteiger partial charge in [-0.15, -0.1) is 12.4 Å². The van der Waals surface area contributed by atoms with Crippen LogP contribution in [0.2, 0.25) is 0 Å². The second kappa shape index (κ2) is 9.77. The number of carbonyl (C=O) groups is 1. The van der Waals surface area contributed by atoms with Gasteiger partial charge in [-0.3, -0.25) is 4.79 Å². The summed E-state index contributed by atoms with van der Waals surface area (Å²) in [4.78, 5) is 16.1. The predicted octanol–water partition coefficient (Wildman–Crippen LogP) is 1.54. The van der Waals surface area contributed by atoms with Gasteiger partial charge in [0.1, 0.15) is 5.82 Å². The molecule has 0 aliphatic carbocycles. The Hall–Kier alpha value is -1.17. The Morgan fingerprint density at radius 2 is 1.86 bits per heavy atom. The second-order valence-electron chi connectivity index (χ2n) is 5.56. The lowest BCUT2D eigenvalue weighted by Crippen LogP contribution is -2.47. The van der Waals surface area contributed by atoms with Gasteiger partial charge in [-0.05, 0) is 31.2 Å². The van der Waals surface area contributed by atoms with Gasteiger partial charge in [-0.1, -0.05) is 12.1 Å². The van der Waals surface area contributed by atoms with E-state index in [-0.39, 0.29) is 24.1 Å². The maximum atomic E-state index is 12.8. The number of hydrogen-bond donors (Lipinski definition) is 1. The molecule has 4 nitrogen and oxygen atoms in total. The first kappa shape index (κ1) is 18.9. The van der Waals surface area contributed by atoms with Crippen LogP contribution in [0.1, 0.15) is 12.0 Å². The van der Waals surface area contributed by atoms with Crippen LogP contribution in [0.4, 0.5) is 4.39 Å². The van der Waals surface area contributed by atoms with Gasteiger partial charge in [-0.2, -0.15) is 0 Å². The lowest BCUT2D eigenvalue weighted by molar-refractivity contribution is -0.132. The summed E-state index contributed by atoms with van der Waals surface area (Å²) in [5.74, 6) is 0.0406. The summed E-state index contributed by atoms with van der Waals surface area (Å²) in [5, 5.41) is 3.25. The monoisotopic (exact) mass is 329 g/mol. The smallest absolute Gasteiger partial charge is 0.223 e. The summed E-state index contributed by atoms with van der Waals surface area (Å²) in [7, 11) is 2.02. The van der Waals surface area contributed by atoms with E-state index in [1.54, 1.807) is 0 Å². The van der Waals surface area contributed by atoms with Crippen LogP contribution in [0.25, 0.3) is 0 Å². The standard InChI is InChI=1S/C16H24FN3O.ClH/c1-19(10-6-14-2-4-15(17)5-3-14)11-7-16(21)20-12-8-18-9-13-20;/h2-5,18H,6-13H2,1H3;1H. The molecule has 6 heteroatoms. The van der Waals surface area contributed by atoms with Crippen LogP contribution >= 0.6 is 12.4 Å². The van der Waals surface area contributed by atoms with Crippen molar-refractivity contribution in [2.24, 2.45) is 0 Å². The van der Waals surface area contributed by atoms with Crippen molar-refractivity contribution in [3.8, 4) is 0 Å². The van der Waals surface area contributed by atoms with E-state index in [1.807, 2.05) is 24.1 Å². The number of rotatable bonds is 6. The maximum absolute atomic E-state index is 12.8. The van der Waals surface area contributed by atoms with E-state index < -0.39 is 0 Å². The minimum atomic E-state index is -0.200. The molecule has 1 heterocycles.